The van der Waals surface area contributed by atoms with Crippen LogP contribution >= 0.6 is 11.6 Å². The molecule has 0 radical (unpaired) electrons. The van der Waals surface area contributed by atoms with Gasteiger partial charge in [-0.3, -0.25) is 0 Å². The number of allylic oxidation sites excluding steroid dienone is 1. The van der Waals surface area contributed by atoms with Crippen LogP contribution in [-0.4, -0.2) is 83.0 Å². The fraction of sp³-hybridized carbons (Fsp3) is 0.500. The SMILES string of the molecule is COc1cc(C2CCN(C3CCN(C)CC3)CC2)ccc1N/C=N/C=C(\C=N)OCc1c(C)c(OC)cc(OC)c1Cl. The van der Waals surface area contributed by atoms with Crippen molar-refractivity contribution in [2.45, 2.75) is 51.2 Å². The van der Waals surface area contributed by atoms with E-state index in [0.717, 1.165) is 47.9 Å². The molecule has 0 aromatic heterocycles. The van der Waals surface area contributed by atoms with Gasteiger partial charge >= 0.3 is 0 Å². The Kier molecular flexibility index (Phi) is 11.5. The van der Waals surface area contributed by atoms with Crippen molar-refractivity contribution in [1.29, 1.82) is 5.41 Å². The Morgan fingerprint density at radius 2 is 1.69 bits per heavy atom. The van der Waals surface area contributed by atoms with Crippen molar-refractivity contribution in [3.8, 4) is 17.2 Å². The lowest BCUT2D eigenvalue weighted by atomic mass is 9.87. The Bertz CT molecular complexity index is 1240. The van der Waals surface area contributed by atoms with Crippen LogP contribution in [-0.2, 0) is 11.3 Å². The van der Waals surface area contributed by atoms with Gasteiger partial charge in [0.15, 0.2) is 5.76 Å². The zero-order valence-corrected chi connectivity index (χ0v) is 26.2. The maximum atomic E-state index is 7.73. The van der Waals surface area contributed by atoms with Crippen LogP contribution in [0.2, 0.25) is 5.02 Å². The summed E-state index contributed by atoms with van der Waals surface area (Å²) in [6.07, 6.45) is 9.04. The second kappa shape index (κ2) is 15.3. The zero-order valence-electron chi connectivity index (χ0n) is 25.4. The molecule has 2 aromatic carbocycles. The van der Waals surface area contributed by atoms with Gasteiger partial charge in [-0.15, -0.1) is 0 Å². The molecule has 0 atom stereocenters. The van der Waals surface area contributed by atoms with Crippen molar-refractivity contribution in [3.63, 3.8) is 0 Å². The lowest BCUT2D eigenvalue weighted by Crippen LogP contribution is -2.46. The number of hydrogen-bond donors (Lipinski definition) is 2. The molecule has 2 heterocycles. The van der Waals surface area contributed by atoms with Crippen LogP contribution in [0.3, 0.4) is 0 Å². The van der Waals surface area contributed by atoms with Gasteiger partial charge in [-0.05, 0) is 95.0 Å². The van der Waals surface area contributed by atoms with E-state index in [2.05, 4.69) is 39.3 Å². The second-order valence-electron chi connectivity index (χ2n) is 10.9. The van der Waals surface area contributed by atoms with Crippen molar-refractivity contribution in [1.82, 2.24) is 9.80 Å². The van der Waals surface area contributed by atoms with Crippen molar-refractivity contribution in [2.24, 2.45) is 4.99 Å². The van der Waals surface area contributed by atoms with Crippen molar-refractivity contribution >= 4 is 29.8 Å². The van der Waals surface area contributed by atoms with Crippen LogP contribution in [0.15, 0.2) is 41.2 Å². The summed E-state index contributed by atoms with van der Waals surface area (Å²) in [5, 5.41) is 11.4. The normalized spacial score (nSPS) is 17.8. The Hall–Kier alpha value is -3.27. The zero-order chi connectivity index (χ0) is 30.1. The van der Waals surface area contributed by atoms with Gasteiger partial charge in [0.1, 0.15) is 23.9 Å². The standard InChI is InChI=1S/C32H44ClN5O4/c1-22-27(32(33)31(41-5)17-29(22)39-3)20-42-26(18-34)19-35-21-36-28-7-6-24(16-30(28)40-4)23-8-14-38(15-9-23)25-10-12-37(2)13-11-25/h6-7,16-19,21,23,25,34H,8-15,20H2,1-5H3,(H,35,36)/b26-19+,34-18?. The van der Waals surface area contributed by atoms with E-state index in [4.69, 9.17) is 36.0 Å². The van der Waals surface area contributed by atoms with Crippen LogP contribution in [0, 0.1) is 12.3 Å². The average Bonchev–Trinajstić information content (AvgIpc) is 3.02. The maximum Gasteiger partial charge on any atom is 0.155 e. The van der Waals surface area contributed by atoms with Crippen LogP contribution in [0.4, 0.5) is 5.69 Å². The van der Waals surface area contributed by atoms with E-state index in [1.54, 1.807) is 33.7 Å². The molecule has 2 fully saturated rings. The first-order chi connectivity index (χ1) is 20.4. The Morgan fingerprint density at radius 3 is 2.33 bits per heavy atom. The van der Waals surface area contributed by atoms with Crippen LogP contribution in [0.1, 0.15) is 48.3 Å². The minimum absolute atomic E-state index is 0.134. The number of likely N-dealkylation sites (tertiary alicyclic amines) is 2. The first-order valence-corrected chi connectivity index (χ1v) is 14.9. The average molecular weight is 598 g/mol. The highest BCUT2D eigenvalue weighted by molar-refractivity contribution is 6.33. The number of anilines is 1. The highest BCUT2D eigenvalue weighted by atomic mass is 35.5. The molecule has 0 bridgehead atoms. The lowest BCUT2D eigenvalue weighted by molar-refractivity contribution is 0.0966. The molecule has 228 valence electrons. The number of methoxy groups -OCH3 is 3. The van der Waals surface area contributed by atoms with Gasteiger partial charge in [0, 0.05) is 17.7 Å². The molecule has 2 saturated heterocycles. The smallest absolute Gasteiger partial charge is 0.155 e. The molecule has 0 unspecified atom stereocenters. The molecule has 2 N–H and O–H groups in total. The molecule has 0 saturated carbocycles. The maximum absolute atomic E-state index is 7.73. The summed E-state index contributed by atoms with van der Waals surface area (Å²) in [5.41, 5.74) is 3.71. The van der Waals surface area contributed by atoms with E-state index in [1.807, 2.05) is 13.0 Å². The van der Waals surface area contributed by atoms with E-state index in [-0.39, 0.29) is 12.4 Å². The predicted octanol–water partition coefficient (Wildman–Crippen LogP) is 6.10. The highest BCUT2D eigenvalue weighted by Crippen LogP contribution is 2.38. The number of halogens is 1. The van der Waals surface area contributed by atoms with Gasteiger partial charge in [-0.25, -0.2) is 4.99 Å². The number of nitrogens with one attached hydrogen (secondary N) is 2. The molecule has 42 heavy (non-hydrogen) atoms. The molecule has 2 aliphatic heterocycles. The van der Waals surface area contributed by atoms with Gasteiger partial charge in [-0.2, -0.15) is 0 Å². The number of ether oxygens (including phenoxy) is 4. The number of rotatable bonds is 12. The molecule has 4 rings (SSSR count). The molecule has 0 aliphatic carbocycles. The third-order valence-corrected chi connectivity index (χ3v) is 8.87. The van der Waals surface area contributed by atoms with Gasteiger partial charge in [0.25, 0.3) is 0 Å². The van der Waals surface area contributed by atoms with E-state index in [1.165, 1.54) is 50.5 Å². The topological polar surface area (TPSA) is 91.6 Å². The number of benzene rings is 2. The van der Waals surface area contributed by atoms with Crippen molar-refractivity contribution in [3.05, 3.63) is 57.9 Å². The summed E-state index contributed by atoms with van der Waals surface area (Å²) >= 11 is 6.50. The minimum Gasteiger partial charge on any atom is -0.496 e. The Balaban J connectivity index is 1.33. The monoisotopic (exact) mass is 597 g/mol. The summed E-state index contributed by atoms with van der Waals surface area (Å²) in [6, 6.07) is 8.85. The number of piperidine rings is 2. The molecular weight excluding hydrogens is 554 g/mol. The van der Waals surface area contributed by atoms with Gasteiger partial charge in [-0.1, -0.05) is 17.7 Å². The summed E-state index contributed by atoms with van der Waals surface area (Å²) in [6.45, 7) is 6.77. The van der Waals surface area contributed by atoms with E-state index in [9.17, 15) is 0 Å². The fourth-order valence-corrected chi connectivity index (χ4v) is 6.14. The van der Waals surface area contributed by atoms with Gasteiger partial charge < -0.3 is 39.5 Å². The number of aliphatic imine (C=N–C) groups is 1. The van der Waals surface area contributed by atoms with E-state index >= 15 is 0 Å². The minimum atomic E-state index is 0.134. The van der Waals surface area contributed by atoms with Crippen molar-refractivity contribution < 1.29 is 18.9 Å². The number of hydrogen-bond acceptors (Lipinski definition) is 8. The molecule has 0 spiro atoms. The molecule has 2 aliphatic rings. The first kappa shape index (κ1) is 31.7. The second-order valence-corrected chi connectivity index (χ2v) is 11.3. The molecule has 9 nitrogen and oxygen atoms in total. The number of nitrogens with zero attached hydrogens (tertiary/aromatic N) is 3. The summed E-state index contributed by atoms with van der Waals surface area (Å²) in [5.74, 6) is 2.75. The largest absolute Gasteiger partial charge is 0.496 e. The van der Waals surface area contributed by atoms with Gasteiger partial charge in [0.05, 0.1) is 50.8 Å². The quantitative estimate of drug-likeness (QED) is 0.174. The fourth-order valence-electron chi connectivity index (χ4n) is 5.81. The van der Waals surface area contributed by atoms with Crippen LogP contribution in [0.5, 0.6) is 17.2 Å². The van der Waals surface area contributed by atoms with E-state index in [0.29, 0.717) is 22.4 Å². The molecule has 0 amide bonds. The summed E-state index contributed by atoms with van der Waals surface area (Å²) < 4.78 is 22.3. The molecule has 2 aromatic rings. The third-order valence-electron chi connectivity index (χ3n) is 8.46. The van der Waals surface area contributed by atoms with Crippen molar-refractivity contribution in [2.75, 3.05) is 59.9 Å². The highest BCUT2D eigenvalue weighted by Gasteiger charge is 2.28. The van der Waals surface area contributed by atoms with Crippen LogP contribution < -0.4 is 19.5 Å². The van der Waals surface area contributed by atoms with Gasteiger partial charge in [0.2, 0.25) is 0 Å². The third kappa shape index (κ3) is 7.76. The molecular formula is C32H44ClN5O4. The van der Waals surface area contributed by atoms with E-state index < -0.39 is 0 Å². The lowest BCUT2D eigenvalue weighted by Gasteiger charge is -2.41. The van der Waals surface area contributed by atoms with Crippen LogP contribution in [0.25, 0.3) is 0 Å². The first-order valence-electron chi connectivity index (χ1n) is 14.5. The Labute approximate surface area is 254 Å². The summed E-state index contributed by atoms with van der Waals surface area (Å²) in [4.78, 5) is 9.43. The summed E-state index contributed by atoms with van der Waals surface area (Å²) in [7, 11) is 7.05. The Morgan fingerprint density at radius 1 is 1.00 bits per heavy atom. The molecule has 10 heteroatoms. The predicted molar refractivity (Wildman–Crippen MR) is 170 cm³/mol.